The Hall–Kier alpha value is -2.53. The molecule has 2 aliphatic carbocycles. The van der Waals surface area contributed by atoms with Crippen LogP contribution in [0.4, 0.5) is 0 Å². The van der Waals surface area contributed by atoms with Crippen LogP contribution in [0.15, 0.2) is 53.4 Å². The van der Waals surface area contributed by atoms with Crippen molar-refractivity contribution in [3.05, 3.63) is 54.1 Å². The van der Waals surface area contributed by atoms with Crippen molar-refractivity contribution < 1.29 is 19.1 Å². The van der Waals surface area contributed by atoms with Crippen LogP contribution in [-0.2, 0) is 24.7 Å². The highest BCUT2D eigenvalue weighted by Gasteiger charge is 2.52. The van der Waals surface area contributed by atoms with E-state index in [-0.39, 0.29) is 35.8 Å². The molecule has 3 aromatic rings. The van der Waals surface area contributed by atoms with Crippen molar-refractivity contribution >= 4 is 46.1 Å². The van der Waals surface area contributed by atoms with Crippen LogP contribution in [0.3, 0.4) is 0 Å². The number of esters is 2. The van der Waals surface area contributed by atoms with Crippen molar-refractivity contribution in [1.82, 2.24) is 0 Å². The van der Waals surface area contributed by atoms with Crippen molar-refractivity contribution in [2.45, 2.75) is 76.9 Å². The lowest BCUT2D eigenvalue weighted by Crippen LogP contribution is -2.37. The highest BCUT2D eigenvalue weighted by molar-refractivity contribution is 7.80. The van der Waals surface area contributed by atoms with Crippen LogP contribution in [-0.4, -0.2) is 18.0 Å². The fraction of sp³-hybridized carbons (Fsp3) is 0.484. The Morgan fingerprint density at radius 3 is 2.39 bits per heavy atom. The Labute approximate surface area is 219 Å². The topological polar surface area (TPSA) is 52.6 Å². The summed E-state index contributed by atoms with van der Waals surface area (Å²) in [5.41, 5.74) is -0.249. The molecule has 0 heterocycles. The van der Waals surface area contributed by atoms with Gasteiger partial charge in [0.25, 0.3) is 0 Å². The largest absolute Gasteiger partial charge is 0.462 e. The van der Waals surface area contributed by atoms with Gasteiger partial charge in [-0.1, -0.05) is 31.2 Å². The van der Waals surface area contributed by atoms with Crippen LogP contribution in [0, 0.1) is 23.2 Å². The number of benzene rings is 3. The van der Waals surface area contributed by atoms with E-state index in [0.29, 0.717) is 0 Å². The number of thiol groups is 1. The summed E-state index contributed by atoms with van der Waals surface area (Å²) in [6, 6.07) is 16.7. The summed E-state index contributed by atoms with van der Waals surface area (Å²) in [6.07, 6.45) is 3.10. The van der Waals surface area contributed by atoms with E-state index in [1.54, 1.807) is 0 Å². The molecule has 0 spiro atoms. The Morgan fingerprint density at radius 2 is 1.69 bits per heavy atom. The van der Waals surface area contributed by atoms with Gasteiger partial charge in [0.05, 0.1) is 11.3 Å². The molecule has 0 saturated heterocycles. The summed E-state index contributed by atoms with van der Waals surface area (Å²) in [5, 5.41) is 4.52. The maximum atomic E-state index is 13.3. The smallest absolute Gasteiger partial charge is 0.311 e. The van der Waals surface area contributed by atoms with Crippen LogP contribution in [0.25, 0.3) is 21.5 Å². The first-order valence-electron chi connectivity index (χ1n) is 13.1. The van der Waals surface area contributed by atoms with E-state index >= 15 is 0 Å². The van der Waals surface area contributed by atoms with E-state index in [0.717, 1.165) is 57.7 Å². The predicted molar refractivity (Wildman–Crippen MR) is 146 cm³/mol. The molecule has 3 aromatic carbocycles. The maximum Gasteiger partial charge on any atom is 0.311 e. The minimum absolute atomic E-state index is 0.0718. The Morgan fingerprint density at radius 1 is 0.917 bits per heavy atom. The van der Waals surface area contributed by atoms with Crippen molar-refractivity contribution in [2.75, 3.05) is 0 Å². The summed E-state index contributed by atoms with van der Waals surface area (Å²) in [4.78, 5) is 26.8. The van der Waals surface area contributed by atoms with E-state index in [1.165, 1.54) is 0 Å². The van der Waals surface area contributed by atoms with Crippen LogP contribution in [0.5, 0.6) is 0 Å². The molecule has 0 aromatic heterocycles. The van der Waals surface area contributed by atoms with Gasteiger partial charge in [0.1, 0.15) is 11.7 Å². The second-order valence-electron chi connectivity index (χ2n) is 11.9. The molecule has 2 aliphatic rings. The van der Waals surface area contributed by atoms with Crippen molar-refractivity contribution in [3.8, 4) is 0 Å². The first-order chi connectivity index (χ1) is 17.0. The number of ether oxygens (including phenoxy) is 2. The normalized spacial score (nSPS) is 23.8. The van der Waals surface area contributed by atoms with Gasteiger partial charge in [0.2, 0.25) is 0 Å². The average Bonchev–Trinajstić information content (AvgIpc) is 3.43. The first kappa shape index (κ1) is 25.1. The van der Waals surface area contributed by atoms with Crippen LogP contribution in [0.1, 0.15) is 65.9 Å². The van der Waals surface area contributed by atoms with Gasteiger partial charge in [-0.3, -0.25) is 9.59 Å². The molecule has 190 valence electrons. The Kier molecular flexibility index (Phi) is 6.35. The van der Waals surface area contributed by atoms with E-state index in [2.05, 4.69) is 49.0 Å². The molecule has 36 heavy (non-hydrogen) atoms. The molecule has 0 amide bonds. The Bertz CT molecular complexity index is 1340. The minimum Gasteiger partial charge on any atom is -0.462 e. The lowest BCUT2D eigenvalue weighted by Gasteiger charge is -2.32. The Balaban J connectivity index is 1.28. The third-order valence-electron chi connectivity index (χ3n) is 8.66. The molecule has 2 saturated carbocycles. The number of hydrogen-bond acceptors (Lipinski definition) is 5. The predicted octanol–water partition coefficient (Wildman–Crippen LogP) is 7.45. The zero-order valence-corrected chi connectivity index (χ0v) is 22.7. The standard InChI is InChI=1S/C31H36O4S/c1-6-30(2,3)29(33)34-26-17-21-13-22(26)16-25(21)28(32)35-31(4,5)23-11-10-18-12-19-8-7-9-27(36)24(19)15-20(18)14-23/h7-12,14-15,21-22,25-26,36H,6,13,16-17H2,1-5H3. The highest BCUT2D eigenvalue weighted by Crippen LogP contribution is 2.51. The van der Waals surface area contributed by atoms with Gasteiger partial charge in [-0.2, -0.15) is 0 Å². The summed E-state index contributed by atoms with van der Waals surface area (Å²) in [5.74, 6) is 0.0770. The molecule has 5 rings (SSSR count). The number of carbonyl (C=O) groups excluding carboxylic acids is 2. The molecule has 2 bridgehead atoms. The molecule has 0 radical (unpaired) electrons. The minimum atomic E-state index is -0.750. The van der Waals surface area contributed by atoms with Crippen molar-refractivity contribution in [3.63, 3.8) is 0 Å². The number of carbonyl (C=O) groups is 2. The second-order valence-corrected chi connectivity index (χ2v) is 12.3. The van der Waals surface area contributed by atoms with Gasteiger partial charge in [-0.05, 0) is 117 Å². The number of rotatable bonds is 6. The van der Waals surface area contributed by atoms with Crippen LogP contribution >= 0.6 is 12.6 Å². The average molecular weight is 505 g/mol. The zero-order valence-electron chi connectivity index (χ0n) is 21.8. The fourth-order valence-electron chi connectivity index (χ4n) is 5.87. The third-order valence-corrected chi connectivity index (χ3v) is 9.05. The molecule has 4 nitrogen and oxygen atoms in total. The third kappa shape index (κ3) is 4.51. The van der Waals surface area contributed by atoms with E-state index < -0.39 is 11.0 Å². The lowest BCUT2D eigenvalue weighted by molar-refractivity contribution is -0.168. The molecule has 2 fully saturated rings. The summed E-state index contributed by atoms with van der Waals surface area (Å²) < 4.78 is 12.0. The van der Waals surface area contributed by atoms with Gasteiger partial charge >= 0.3 is 11.9 Å². The van der Waals surface area contributed by atoms with E-state index in [1.807, 2.05) is 46.8 Å². The van der Waals surface area contributed by atoms with Gasteiger partial charge in [-0.25, -0.2) is 0 Å². The second kappa shape index (κ2) is 9.09. The van der Waals surface area contributed by atoms with Gasteiger partial charge < -0.3 is 9.47 Å². The van der Waals surface area contributed by atoms with Crippen LogP contribution in [0.2, 0.25) is 0 Å². The molecular formula is C31H36O4S. The SMILES string of the molecule is CCC(C)(C)C(=O)OC1CC2CC1CC2C(=O)OC(C)(C)c1ccc2cc3cccc(S)c3cc2c1. The van der Waals surface area contributed by atoms with Crippen molar-refractivity contribution in [1.29, 1.82) is 0 Å². The fourth-order valence-corrected chi connectivity index (χ4v) is 6.15. The lowest BCUT2D eigenvalue weighted by atomic mass is 9.86. The summed E-state index contributed by atoms with van der Waals surface area (Å²) in [7, 11) is 0. The quantitative estimate of drug-likeness (QED) is 0.215. The molecular weight excluding hydrogens is 468 g/mol. The number of fused-ring (bicyclic) bond motifs is 4. The maximum absolute atomic E-state index is 13.3. The molecule has 4 unspecified atom stereocenters. The molecule has 0 aliphatic heterocycles. The highest BCUT2D eigenvalue weighted by atomic mass is 32.1. The molecule has 0 N–H and O–H groups in total. The summed E-state index contributed by atoms with van der Waals surface area (Å²) in [6.45, 7) is 9.78. The molecule has 4 atom stereocenters. The first-order valence-corrected chi connectivity index (χ1v) is 13.5. The van der Waals surface area contributed by atoms with Crippen molar-refractivity contribution in [2.24, 2.45) is 23.2 Å². The van der Waals surface area contributed by atoms with Gasteiger partial charge in [0, 0.05) is 4.90 Å². The van der Waals surface area contributed by atoms with E-state index in [4.69, 9.17) is 9.47 Å². The monoisotopic (exact) mass is 504 g/mol. The van der Waals surface area contributed by atoms with Gasteiger partial charge in [-0.15, -0.1) is 12.6 Å². The molecule has 5 heteroatoms. The van der Waals surface area contributed by atoms with Gasteiger partial charge in [0.15, 0.2) is 0 Å². The summed E-state index contributed by atoms with van der Waals surface area (Å²) >= 11 is 4.62. The van der Waals surface area contributed by atoms with E-state index in [9.17, 15) is 9.59 Å². The zero-order chi connectivity index (χ0) is 25.8. The number of hydrogen-bond donors (Lipinski definition) is 1. The van der Waals surface area contributed by atoms with Crippen LogP contribution < -0.4 is 0 Å².